The van der Waals surface area contributed by atoms with Gasteiger partial charge in [-0.2, -0.15) is 5.10 Å². The summed E-state index contributed by atoms with van der Waals surface area (Å²) in [5.74, 6) is -0.874. The van der Waals surface area contributed by atoms with Crippen molar-refractivity contribution in [3.63, 3.8) is 0 Å². The van der Waals surface area contributed by atoms with Gasteiger partial charge in [0.25, 0.3) is 5.69 Å². The number of thioether (sulfide) groups is 1. The summed E-state index contributed by atoms with van der Waals surface area (Å²) in [6.45, 7) is 1.80. The third-order valence-electron chi connectivity index (χ3n) is 4.07. The van der Waals surface area contributed by atoms with Crippen molar-refractivity contribution in [3.05, 3.63) is 68.7 Å². The lowest BCUT2D eigenvalue weighted by atomic mass is 10.1. The van der Waals surface area contributed by atoms with Crippen LogP contribution in [0.4, 0.5) is 11.4 Å². The highest BCUT2D eigenvalue weighted by Gasteiger charge is 2.32. The smallest absolute Gasteiger partial charge is 0.292 e. The molecule has 0 saturated carbocycles. The van der Waals surface area contributed by atoms with Gasteiger partial charge in [0.2, 0.25) is 11.8 Å². The van der Waals surface area contributed by atoms with Crippen LogP contribution >= 0.6 is 27.7 Å². The minimum Gasteiger partial charge on any atom is -0.320 e. The van der Waals surface area contributed by atoms with Gasteiger partial charge in [-0.3, -0.25) is 19.7 Å². The van der Waals surface area contributed by atoms with Crippen LogP contribution in [0.2, 0.25) is 0 Å². The maximum absolute atomic E-state index is 12.3. The van der Waals surface area contributed by atoms with Crippen molar-refractivity contribution in [3.8, 4) is 0 Å². The number of amidine groups is 1. The molecule has 3 rings (SSSR count). The number of carbonyl (C=O) groups is 2. The number of benzene rings is 2. The third-order valence-corrected chi connectivity index (χ3v) is 5.68. The van der Waals surface area contributed by atoms with E-state index in [0.29, 0.717) is 10.9 Å². The molecule has 0 aliphatic carbocycles. The van der Waals surface area contributed by atoms with Gasteiger partial charge in [-0.1, -0.05) is 52.0 Å². The van der Waals surface area contributed by atoms with Crippen molar-refractivity contribution >= 4 is 61.8 Å². The van der Waals surface area contributed by atoms with Gasteiger partial charge < -0.3 is 10.6 Å². The summed E-state index contributed by atoms with van der Waals surface area (Å²) in [5, 5.41) is 23.9. The molecule has 2 aromatic carbocycles. The zero-order valence-electron chi connectivity index (χ0n) is 15.7. The standard InChI is InChI=1S/C19H16BrN5O4S/c1-11(12-6-8-13(20)9-7-12)23-24-19-22-18(27)16(30-19)10-17(26)21-14-4-2-3-5-15(14)25(28)29/h2-9,16H,10H2,1H3,(H,21,26)(H,22,24,27)/b23-11-/t16-/m0/s1. The minimum absolute atomic E-state index is 0.0829. The number of nitrogens with one attached hydrogen (secondary N) is 2. The van der Waals surface area contributed by atoms with Gasteiger partial charge >= 0.3 is 0 Å². The Kier molecular flexibility index (Phi) is 6.95. The third kappa shape index (κ3) is 5.51. The average molecular weight is 490 g/mol. The molecule has 0 spiro atoms. The van der Waals surface area contributed by atoms with Gasteiger partial charge in [0.1, 0.15) is 10.9 Å². The van der Waals surface area contributed by atoms with Crippen LogP contribution in [0.3, 0.4) is 0 Å². The number of hydrogen-bond acceptors (Lipinski definition) is 7. The van der Waals surface area contributed by atoms with E-state index in [-0.39, 0.29) is 23.7 Å². The van der Waals surface area contributed by atoms with Crippen LogP contribution in [0.15, 0.2) is 63.2 Å². The highest BCUT2D eigenvalue weighted by molar-refractivity contribution is 9.10. The van der Waals surface area contributed by atoms with Crippen molar-refractivity contribution in [1.82, 2.24) is 5.32 Å². The quantitative estimate of drug-likeness (QED) is 0.363. The highest BCUT2D eigenvalue weighted by Crippen LogP contribution is 2.26. The summed E-state index contributed by atoms with van der Waals surface area (Å²) in [5.41, 5.74) is 1.42. The number of nitro benzene ring substituents is 1. The molecule has 11 heteroatoms. The highest BCUT2D eigenvalue weighted by atomic mass is 79.9. The van der Waals surface area contributed by atoms with Crippen molar-refractivity contribution in [2.75, 3.05) is 5.32 Å². The number of anilines is 1. The van der Waals surface area contributed by atoms with Crippen LogP contribution < -0.4 is 10.6 Å². The molecule has 1 atom stereocenters. The first-order chi connectivity index (χ1) is 14.3. The molecule has 2 aromatic rings. The largest absolute Gasteiger partial charge is 0.320 e. The second-order valence-electron chi connectivity index (χ2n) is 6.22. The number of nitrogens with zero attached hydrogens (tertiary/aromatic N) is 3. The topological polar surface area (TPSA) is 126 Å². The van der Waals surface area contributed by atoms with E-state index in [4.69, 9.17) is 0 Å². The Hall–Kier alpha value is -3.05. The second-order valence-corrected chi connectivity index (χ2v) is 8.33. The fourth-order valence-corrected chi connectivity index (χ4v) is 3.75. The number of hydrogen-bond donors (Lipinski definition) is 2. The van der Waals surface area contributed by atoms with Gasteiger partial charge in [-0.05, 0) is 30.7 Å². The Bertz CT molecular complexity index is 1060. The summed E-state index contributed by atoms with van der Waals surface area (Å²) < 4.78 is 0.950. The first-order valence-electron chi connectivity index (χ1n) is 8.72. The lowest BCUT2D eigenvalue weighted by molar-refractivity contribution is -0.383. The van der Waals surface area contributed by atoms with E-state index in [2.05, 4.69) is 36.8 Å². The van der Waals surface area contributed by atoms with E-state index in [9.17, 15) is 19.7 Å². The monoisotopic (exact) mass is 489 g/mol. The number of para-hydroxylation sites is 2. The van der Waals surface area contributed by atoms with Crippen molar-refractivity contribution in [1.29, 1.82) is 0 Å². The van der Waals surface area contributed by atoms with Gasteiger partial charge in [0.05, 0.1) is 10.6 Å². The van der Waals surface area contributed by atoms with Crippen LogP contribution in [-0.4, -0.2) is 32.9 Å². The zero-order valence-corrected chi connectivity index (χ0v) is 18.1. The molecule has 1 saturated heterocycles. The maximum atomic E-state index is 12.3. The Morgan fingerprint density at radius 1 is 1.27 bits per heavy atom. The molecular formula is C19H16BrN5O4S. The average Bonchev–Trinajstić information content (AvgIpc) is 3.06. The first kappa shape index (κ1) is 21.7. The normalized spacial score (nSPS) is 17.7. The fraction of sp³-hybridized carbons (Fsp3) is 0.158. The lowest BCUT2D eigenvalue weighted by Crippen LogP contribution is -2.28. The molecule has 1 heterocycles. The van der Waals surface area contributed by atoms with Crippen LogP contribution in [-0.2, 0) is 9.59 Å². The van der Waals surface area contributed by atoms with Gasteiger partial charge in [0, 0.05) is 17.0 Å². The predicted molar refractivity (Wildman–Crippen MR) is 120 cm³/mol. The molecule has 9 nitrogen and oxygen atoms in total. The second kappa shape index (κ2) is 9.63. The molecule has 0 unspecified atom stereocenters. The number of amides is 2. The van der Waals surface area contributed by atoms with Crippen LogP contribution in [0, 0.1) is 10.1 Å². The Balaban J connectivity index is 1.62. The molecule has 0 bridgehead atoms. The molecule has 0 radical (unpaired) electrons. The van der Waals surface area contributed by atoms with E-state index in [0.717, 1.165) is 21.8 Å². The van der Waals surface area contributed by atoms with E-state index < -0.39 is 16.1 Å². The molecule has 1 fully saturated rings. The van der Waals surface area contributed by atoms with E-state index in [1.54, 1.807) is 13.0 Å². The van der Waals surface area contributed by atoms with E-state index >= 15 is 0 Å². The maximum Gasteiger partial charge on any atom is 0.292 e. The molecule has 1 aliphatic rings. The summed E-state index contributed by atoms with van der Waals surface area (Å²) in [6.07, 6.45) is -0.156. The predicted octanol–water partition coefficient (Wildman–Crippen LogP) is 3.70. The van der Waals surface area contributed by atoms with Crippen molar-refractivity contribution in [2.45, 2.75) is 18.6 Å². The Morgan fingerprint density at radius 3 is 2.67 bits per heavy atom. The first-order valence-corrected chi connectivity index (χ1v) is 10.4. The molecule has 30 heavy (non-hydrogen) atoms. The molecular weight excluding hydrogens is 474 g/mol. The molecule has 2 N–H and O–H groups in total. The molecule has 154 valence electrons. The Labute approximate surface area is 184 Å². The summed E-state index contributed by atoms with van der Waals surface area (Å²) >= 11 is 4.46. The van der Waals surface area contributed by atoms with Crippen molar-refractivity contribution in [2.24, 2.45) is 10.2 Å². The molecule has 0 aromatic heterocycles. The van der Waals surface area contributed by atoms with Gasteiger partial charge in [-0.25, -0.2) is 0 Å². The van der Waals surface area contributed by atoms with Gasteiger partial charge in [0.15, 0.2) is 5.17 Å². The minimum atomic E-state index is -0.699. The van der Waals surface area contributed by atoms with E-state index in [1.165, 1.54) is 18.2 Å². The number of rotatable bonds is 6. The Morgan fingerprint density at radius 2 is 1.97 bits per heavy atom. The van der Waals surface area contributed by atoms with Gasteiger partial charge in [-0.15, -0.1) is 5.10 Å². The summed E-state index contributed by atoms with van der Waals surface area (Å²) in [4.78, 5) is 34.9. The van der Waals surface area contributed by atoms with Crippen LogP contribution in [0.5, 0.6) is 0 Å². The SMILES string of the molecule is C/C(=N/N=C1\NC(=O)[C@H](CC(=O)Nc2ccccc2[N+](=O)[O-])S1)c1ccc(Br)cc1. The molecule has 2 amide bonds. The summed E-state index contributed by atoms with van der Waals surface area (Å²) in [6, 6.07) is 13.4. The fourth-order valence-electron chi connectivity index (χ4n) is 2.56. The number of carbonyl (C=O) groups excluding carboxylic acids is 2. The van der Waals surface area contributed by atoms with Crippen LogP contribution in [0.1, 0.15) is 18.9 Å². The molecule has 1 aliphatic heterocycles. The summed E-state index contributed by atoms with van der Waals surface area (Å²) in [7, 11) is 0. The lowest BCUT2D eigenvalue weighted by Gasteiger charge is -2.07. The van der Waals surface area contributed by atoms with Crippen molar-refractivity contribution < 1.29 is 14.5 Å². The number of nitro groups is 1. The number of halogens is 1. The van der Waals surface area contributed by atoms with E-state index in [1.807, 2.05) is 24.3 Å². The zero-order chi connectivity index (χ0) is 21.7. The van der Waals surface area contributed by atoms with Crippen LogP contribution in [0.25, 0.3) is 0 Å².